The summed E-state index contributed by atoms with van der Waals surface area (Å²) in [4.78, 5) is 27.6. The molecule has 0 saturated heterocycles. The molecule has 0 aromatic heterocycles. The molecule has 0 atom stereocenters. The van der Waals surface area contributed by atoms with E-state index in [9.17, 15) is 9.59 Å². The SMILES string of the molecule is CCN(Cc1ccc(N(C)C)cc1)C(=O)Cc1ccc(NC(C)=O)cc1. The minimum absolute atomic E-state index is 0.0939. The molecule has 0 saturated carbocycles. The van der Waals surface area contributed by atoms with Crippen molar-refractivity contribution in [1.82, 2.24) is 4.90 Å². The first-order valence-electron chi connectivity index (χ1n) is 8.79. The molecule has 0 aliphatic heterocycles. The molecular weight excluding hydrogens is 326 g/mol. The Hall–Kier alpha value is -2.82. The molecule has 5 heteroatoms. The van der Waals surface area contributed by atoms with Crippen molar-refractivity contribution in [1.29, 1.82) is 0 Å². The van der Waals surface area contributed by atoms with Gasteiger partial charge in [0.1, 0.15) is 0 Å². The van der Waals surface area contributed by atoms with Gasteiger partial charge >= 0.3 is 0 Å². The lowest BCUT2D eigenvalue weighted by atomic mass is 10.1. The van der Waals surface area contributed by atoms with Crippen LogP contribution in [0.2, 0.25) is 0 Å². The highest BCUT2D eigenvalue weighted by Gasteiger charge is 2.13. The van der Waals surface area contributed by atoms with Gasteiger partial charge in [-0.1, -0.05) is 24.3 Å². The van der Waals surface area contributed by atoms with E-state index in [1.54, 1.807) is 0 Å². The Bertz CT molecular complexity index is 737. The van der Waals surface area contributed by atoms with Crippen molar-refractivity contribution in [3.05, 3.63) is 59.7 Å². The van der Waals surface area contributed by atoms with E-state index < -0.39 is 0 Å². The third-order valence-electron chi connectivity index (χ3n) is 4.19. The summed E-state index contributed by atoms with van der Waals surface area (Å²) in [6.07, 6.45) is 0.351. The highest BCUT2D eigenvalue weighted by molar-refractivity contribution is 5.88. The van der Waals surface area contributed by atoms with Crippen molar-refractivity contribution in [2.75, 3.05) is 30.9 Å². The van der Waals surface area contributed by atoms with E-state index in [0.717, 1.165) is 22.5 Å². The summed E-state index contributed by atoms with van der Waals surface area (Å²) in [5.41, 5.74) is 3.93. The number of benzene rings is 2. The van der Waals surface area contributed by atoms with Gasteiger partial charge in [-0.2, -0.15) is 0 Å². The lowest BCUT2D eigenvalue weighted by molar-refractivity contribution is -0.130. The Morgan fingerprint density at radius 2 is 1.50 bits per heavy atom. The zero-order chi connectivity index (χ0) is 19.1. The normalized spacial score (nSPS) is 10.3. The second-order valence-corrected chi connectivity index (χ2v) is 6.52. The van der Waals surface area contributed by atoms with Crippen molar-refractivity contribution >= 4 is 23.2 Å². The molecule has 2 rings (SSSR count). The maximum Gasteiger partial charge on any atom is 0.227 e. The highest BCUT2D eigenvalue weighted by atomic mass is 16.2. The Labute approximate surface area is 155 Å². The predicted molar refractivity (Wildman–Crippen MR) is 106 cm³/mol. The molecule has 0 bridgehead atoms. The van der Waals surface area contributed by atoms with Gasteiger partial charge in [-0.15, -0.1) is 0 Å². The van der Waals surface area contributed by atoms with Crippen LogP contribution in [0.25, 0.3) is 0 Å². The molecular formula is C21H27N3O2. The van der Waals surface area contributed by atoms with Crippen LogP contribution in [0.4, 0.5) is 11.4 Å². The second kappa shape index (κ2) is 9.04. The molecule has 2 amide bonds. The zero-order valence-corrected chi connectivity index (χ0v) is 16.0. The van der Waals surface area contributed by atoms with E-state index in [1.165, 1.54) is 6.92 Å². The smallest absolute Gasteiger partial charge is 0.227 e. The van der Waals surface area contributed by atoms with E-state index in [-0.39, 0.29) is 11.8 Å². The number of carbonyl (C=O) groups is 2. The molecule has 2 aromatic rings. The van der Waals surface area contributed by atoms with E-state index >= 15 is 0 Å². The summed E-state index contributed by atoms with van der Waals surface area (Å²) >= 11 is 0. The van der Waals surface area contributed by atoms with Gasteiger partial charge in [0.05, 0.1) is 6.42 Å². The molecule has 2 aromatic carbocycles. The third kappa shape index (κ3) is 5.62. The molecule has 138 valence electrons. The van der Waals surface area contributed by atoms with E-state index in [2.05, 4.69) is 34.5 Å². The van der Waals surface area contributed by atoms with Crippen molar-refractivity contribution < 1.29 is 9.59 Å². The number of nitrogens with one attached hydrogen (secondary N) is 1. The van der Waals surface area contributed by atoms with Gasteiger partial charge in [0.2, 0.25) is 11.8 Å². The van der Waals surface area contributed by atoms with Crippen LogP contribution in [-0.4, -0.2) is 37.4 Å². The standard InChI is InChI=1S/C21H27N3O2/c1-5-24(15-18-8-12-20(13-9-18)23(3)4)21(26)14-17-6-10-19(11-7-17)22-16(2)25/h6-13H,5,14-15H2,1-4H3,(H,22,25). The summed E-state index contributed by atoms with van der Waals surface area (Å²) < 4.78 is 0. The number of likely N-dealkylation sites (N-methyl/N-ethyl adjacent to an activating group) is 1. The highest BCUT2D eigenvalue weighted by Crippen LogP contribution is 2.15. The molecule has 1 N–H and O–H groups in total. The summed E-state index contributed by atoms with van der Waals surface area (Å²) in [6, 6.07) is 15.6. The molecule has 0 aliphatic carbocycles. The van der Waals surface area contributed by atoms with Gasteiger partial charge in [-0.05, 0) is 42.3 Å². The molecule has 0 heterocycles. The number of anilines is 2. The average Bonchev–Trinajstić information content (AvgIpc) is 2.61. The van der Waals surface area contributed by atoms with Crippen molar-refractivity contribution in [2.45, 2.75) is 26.8 Å². The van der Waals surface area contributed by atoms with Crippen LogP contribution in [0, 0.1) is 0 Å². The lowest BCUT2D eigenvalue weighted by Gasteiger charge is -2.22. The number of hydrogen-bond donors (Lipinski definition) is 1. The van der Waals surface area contributed by atoms with Gasteiger partial charge in [-0.25, -0.2) is 0 Å². The fourth-order valence-electron chi connectivity index (χ4n) is 2.69. The quantitative estimate of drug-likeness (QED) is 0.831. The molecule has 5 nitrogen and oxygen atoms in total. The summed E-state index contributed by atoms with van der Waals surface area (Å²) in [5, 5.41) is 2.73. The Balaban J connectivity index is 1.98. The Morgan fingerprint density at radius 3 is 2.00 bits per heavy atom. The number of nitrogens with zero attached hydrogens (tertiary/aromatic N) is 2. The maximum absolute atomic E-state index is 12.6. The summed E-state index contributed by atoms with van der Waals surface area (Å²) in [7, 11) is 4.02. The zero-order valence-electron chi connectivity index (χ0n) is 16.0. The van der Waals surface area contributed by atoms with Crippen molar-refractivity contribution in [3.63, 3.8) is 0 Å². The van der Waals surface area contributed by atoms with Gasteiger partial charge in [0, 0.05) is 45.5 Å². The second-order valence-electron chi connectivity index (χ2n) is 6.52. The van der Waals surface area contributed by atoms with Crippen molar-refractivity contribution in [3.8, 4) is 0 Å². The monoisotopic (exact) mass is 353 g/mol. The minimum atomic E-state index is -0.105. The van der Waals surface area contributed by atoms with E-state index in [0.29, 0.717) is 19.5 Å². The van der Waals surface area contributed by atoms with Crippen LogP contribution in [-0.2, 0) is 22.6 Å². The molecule has 0 radical (unpaired) electrons. The molecule has 0 spiro atoms. The average molecular weight is 353 g/mol. The van der Waals surface area contributed by atoms with E-state index in [1.807, 2.05) is 50.2 Å². The van der Waals surface area contributed by atoms with Crippen LogP contribution in [0.3, 0.4) is 0 Å². The first-order valence-corrected chi connectivity index (χ1v) is 8.79. The Morgan fingerprint density at radius 1 is 0.923 bits per heavy atom. The maximum atomic E-state index is 12.6. The van der Waals surface area contributed by atoms with Crippen LogP contribution in [0.5, 0.6) is 0 Å². The first kappa shape index (κ1) is 19.5. The van der Waals surface area contributed by atoms with Crippen LogP contribution in [0.1, 0.15) is 25.0 Å². The third-order valence-corrected chi connectivity index (χ3v) is 4.19. The first-order chi connectivity index (χ1) is 12.4. The van der Waals surface area contributed by atoms with Crippen LogP contribution < -0.4 is 10.2 Å². The summed E-state index contributed by atoms with van der Waals surface area (Å²) in [5.74, 6) is -0.0114. The molecule has 26 heavy (non-hydrogen) atoms. The number of amides is 2. The van der Waals surface area contributed by atoms with Gasteiger partial charge in [0.15, 0.2) is 0 Å². The molecule has 0 fully saturated rings. The minimum Gasteiger partial charge on any atom is -0.378 e. The summed E-state index contributed by atoms with van der Waals surface area (Å²) in [6.45, 7) is 4.73. The van der Waals surface area contributed by atoms with Gasteiger partial charge in [-0.3, -0.25) is 9.59 Å². The fourth-order valence-corrected chi connectivity index (χ4v) is 2.69. The number of hydrogen-bond acceptors (Lipinski definition) is 3. The topological polar surface area (TPSA) is 52.6 Å². The van der Waals surface area contributed by atoms with Crippen LogP contribution >= 0.6 is 0 Å². The Kier molecular flexibility index (Phi) is 6.78. The lowest BCUT2D eigenvalue weighted by Crippen LogP contribution is -2.31. The van der Waals surface area contributed by atoms with Gasteiger partial charge < -0.3 is 15.1 Å². The molecule has 0 unspecified atom stereocenters. The largest absolute Gasteiger partial charge is 0.378 e. The van der Waals surface area contributed by atoms with E-state index in [4.69, 9.17) is 0 Å². The van der Waals surface area contributed by atoms with Crippen molar-refractivity contribution in [2.24, 2.45) is 0 Å². The number of carbonyl (C=O) groups excluding carboxylic acids is 2. The fraction of sp³-hybridized carbons (Fsp3) is 0.333. The number of rotatable bonds is 7. The predicted octanol–water partition coefficient (Wildman–Crippen LogP) is 3.30. The van der Waals surface area contributed by atoms with Gasteiger partial charge in [0.25, 0.3) is 0 Å². The van der Waals surface area contributed by atoms with Crippen LogP contribution in [0.15, 0.2) is 48.5 Å². The molecule has 0 aliphatic rings.